The summed E-state index contributed by atoms with van der Waals surface area (Å²) in [6.07, 6.45) is 19.8. The van der Waals surface area contributed by atoms with Gasteiger partial charge < -0.3 is 5.73 Å². The Labute approximate surface area is 194 Å². The maximum absolute atomic E-state index is 11.9. The predicted molar refractivity (Wildman–Crippen MR) is 133 cm³/mol. The van der Waals surface area contributed by atoms with Crippen LogP contribution in [0, 0.1) is 0 Å². The van der Waals surface area contributed by atoms with E-state index in [4.69, 9.17) is 5.73 Å². The number of nitrogens with two attached hydrogens (primary N) is 1. The van der Waals surface area contributed by atoms with Crippen molar-refractivity contribution in [3.05, 3.63) is 35.9 Å². The lowest BCUT2D eigenvalue weighted by Crippen LogP contribution is -2.38. The second kappa shape index (κ2) is 19.3. The molecular weight excluding hydrogens is 400 g/mol. The standard InChI is InChI=1S/C26H44N4O2/c1-2-3-4-5-6-7-8-9-10-11-12-13-14-15-19-22-24(31)29-30-26(27)28-25(32)23-20-17-16-18-21-23/h16-18,20-21H,2-15,19,22H2,1H3,(H,29,31)(H3,27,28,30,32). The van der Waals surface area contributed by atoms with Gasteiger partial charge in [0, 0.05) is 12.0 Å². The van der Waals surface area contributed by atoms with Crippen LogP contribution in [-0.4, -0.2) is 17.8 Å². The summed E-state index contributed by atoms with van der Waals surface area (Å²) >= 11 is 0. The van der Waals surface area contributed by atoms with Crippen LogP contribution < -0.4 is 16.5 Å². The number of hydrazone groups is 1. The van der Waals surface area contributed by atoms with Gasteiger partial charge in [0.15, 0.2) is 0 Å². The molecule has 1 aromatic rings. The van der Waals surface area contributed by atoms with Gasteiger partial charge in [-0.05, 0) is 18.6 Å². The van der Waals surface area contributed by atoms with E-state index in [0.717, 1.165) is 12.8 Å². The Balaban J connectivity index is 1.92. The van der Waals surface area contributed by atoms with Crippen LogP contribution in [0.5, 0.6) is 0 Å². The maximum Gasteiger partial charge on any atom is 0.257 e. The Morgan fingerprint density at radius 1 is 0.750 bits per heavy atom. The molecule has 0 saturated heterocycles. The first-order valence-corrected chi connectivity index (χ1v) is 12.6. The van der Waals surface area contributed by atoms with Gasteiger partial charge in [-0.2, -0.15) is 0 Å². The Kier molecular flexibility index (Phi) is 16.7. The lowest BCUT2D eigenvalue weighted by molar-refractivity contribution is -0.121. The fraction of sp³-hybridized carbons (Fsp3) is 0.654. The van der Waals surface area contributed by atoms with E-state index < -0.39 is 0 Å². The highest BCUT2D eigenvalue weighted by atomic mass is 16.2. The molecule has 0 aromatic heterocycles. The lowest BCUT2D eigenvalue weighted by Gasteiger charge is -2.05. The summed E-state index contributed by atoms with van der Waals surface area (Å²) in [6.45, 7) is 2.27. The molecule has 0 bridgehead atoms. The molecule has 180 valence electrons. The van der Waals surface area contributed by atoms with Gasteiger partial charge in [-0.25, -0.2) is 5.43 Å². The smallest absolute Gasteiger partial charge is 0.257 e. The predicted octanol–water partition coefficient (Wildman–Crippen LogP) is 6.02. The number of carbonyl (C=O) groups excluding carboxylic acids is 2. The highest BCUT2D eigenvalue weighted by Gasteiger charge is 2.06. The fourth-order valence-corrected chi connectivity index (χ4v) is 3.64. The molecule has 32 heavy (non-hydrogen) atoms. The van der Waals surface area contributed by atoms with Crippen LogP contribution in [0.25, 0.3) is 0 Å². The number of nitrogens with zero attached hydrogens (tertiary/aromatic N) is 1. The van der Waals surface area contributed by atoms with Crippen molar-refractivity contribution in [2.75, 3.05) is 0 Å². The third-order valence-electron chi connectivity index (χ3n) is 5.59. The van der Waals surface area contributed by atoms with E-state index in [1.807, 2.05) is 6.07 Å². The van der Waals surface area contributed by atoms with Crippen molar-refractivity contribution in [3.8, 4) is 0 Å². The second-order valence-electron chi connectivity index (χ2n) is 8.55. The van der Waals surface area contributed by atoms with E-state index in [9.17, 15) is 9.59 Å². The molecule has 0 spiro atoms. The van der Waals surface area contributed by atoms with Gasteiger partial charge in [0.25, 0.3) is 5.91 Å². The molecule has 0 saturated carbocycles. The number of unbranched alkanes of at least 4 members (excludes halogenated alkanes) is 14. The lowest BCUT2D eigenvalue weighted by atomic mass is 10.0. The van der Waals surface area contributed by atoms with Gasteiger partial charge in [0.05, 0.1) is 0 Å². The van der Waals surface area contributed by atoms with Crippen molar-refractivity contribution in [2.24, 2.45) is 10.8 Å². The summed E-state index contributed by atoms with van der Waals surface area (Å²) in [4.78, 5) is 23.8. The third-order valence-corrected chi connectivity index (χ3v) is 5.59. The Morgan fingerprint density at radius 2 is 1.22 bits per heavy atom. The van der Waals surface area contributed by atoms with E-state index >= 15 is 0 Å². The number of amides is 2. The van der Waals surface area contributed by atoms with Crippen LogP contribution in [0.2, 0.25) is 0 Å². The first kappa shape index (κ1) is 27.7. The molecule has 2 amide bonds. The molecule has 6 nitrogen and oxygen atoms in total. The Morgan fingerprint density at radius 3 is 1.72 bits per heavy atom. The highest BCUT2D eigenvalue weighted by Crippen LogP contribution is 2.13. The largest absolute Gasteiger partial charge is 0.368 e. The molecule has 0 aliphatic rings. The molecule has 0 heterocycles. The molecule has 0 radical (unpaired) electrons. The Hall–Kier alpha value is -2.37. The van der Waals surface area contributed by atoms with Gasteiger partial charge in [-0.1, -0.05) is 115 Å². The number of carbonyl (C=O) groups is 2. The number of nitrogens with one attached hydrogen (secondary N) is 2. The van der Waals surface area contributed by atoms with E-state index in [2.05, 4.69) is 22.8 Å². The molecule has 1 rings (SSSR count). The summed E-state index contributed by atoms with van der Waals surface area (Å²) in [5.74, 6) is -0.663. The zero-order valence-corrected chi connectivity index (χ0v) is 20.0. The van der Waals surface area contributed by atoms with Crippen LogP contribution in [0.15, 0.2) is 35.4 Å². The van der Waals surface area contributed by atoms with Crippen molar-refractivity contribution in [3.63, 3.8) is 0 Å². The molecule has 0 unspecified atom stereocenters. The molecule has 6 heteroatoms. The first-order chi connectivity index (χ1) is 15.6. The molecular formula is C26H44N4O2. The SMILES string of the molecule is CCCCCCCCCCCCCCCCCC(=O)N/N=C(\N)NC(=O)c1ccccc1. The van der Waals surface area contributed by atoms with Gasteiger partial charge in [0.2, 0.25) is 11.9 Å². The van der Waals surface area contributed by atoms with Crippen LogP contribution in [0.1, 0.15) is 120 Å². The van der Waals surface area contributed by atoms with E-state index in [1.165, 1.54) is 83.5 Å². The minimum atomic E-state index is -0.358. The second-order valence-corrected chi connectivity index (χ2v) is 8.55. The van der Waals surface area contributed by atoms with Crippen molar-refractivity contribution in [2.45, 2.75) is 110 Å². The van der Waals surface area contributed by atoms with Crippen LogP contribution >= 0.6 is 0 Å². The van der Waals surface area contributed by atoms with Gasteiger partial charge in [-0.3, -0.25) is 14.9 Å². The van der Waals surface area contributed by atoms with Crippen LogP contribution in [0.4, 0.5) is 0 Å². The van der Waals surface area contributed by atoms with Gasteiger partial charge in [-0.15, -0.1) is 5.10 Å². The van der Waals surface area contributed by atoms with Crippen LogP contribution in [0.3, 0.4) is 0 Å². The minimum absolute atomic E-state index is 0.122. The number of hydrogen-bond donors (Lipinski definition) is 3. The van der Waals surface area contributed by atoms with Crippen molar-refractivity contribution in [1.29, 1.82) is 0 Å². The molecule has 0 aliphatic heterocycles. The molecule has 1 aromatic carbocycles. The number of rotatable bonds is 18. The topological polar surface area (TPSA) is 96.6 Å². The Bertz CT molecular complexity index is 646. The molecule has 0 aliphatic carbocycles. The third kappa shape index (κ3) is 15.4. The summed E-state index contributed by atoms with van der Waals surface area (Å²) in [5, 5.41) is 6.19. The number of guanidine groups is 1. The van der Waals surface area contributed by atoms with Crippen molar-refractivity contribution in [1.82, 2.24) is 10.7 Å². The average Bonchev–Trinajstić information content (AvgIpc) is 2.80. The highest BCUT2D eigenvalue weighted by molar-refractivity contribution is 6.05. The number of benzene rings is 1. The van der Waals surface area contributed by atoms with E-state index in [1.54, 1.807) is 24.3 Å². The van der Waals surface area contributed by atoms with E-state index in [-0.39, 0.29) is 17.8 Å². The number of hydrogen-bond acceptors (Lipinski definition) is 3. The van der Waals surface area contributed by atoms with Gasteiger partial charge >= 0.3 is 0 Å². The summed E-state index contributed by atoms with van der Waals surface area (Å²) < 4.78 is 0. The average molecular weight is 445 g/mol. The molecule has 0 fully saturated rings. The molecule has 4 N–H and O–H groups in total. The van der Waals surface area contributed by atoms with E-state index in [0.29, 0.717) is 12.0 Å². The summed E-state index contributed by atoms with van der Waals surface area (Å²) in [7, 11) is 0. The van der Waals surface area contributed by atoms with Crippen molar-refractivity contribution < 1.29 is 9.59 Å². The zero-order valence-electron chi connectivity index (χ0n) is 20.0. The zero-order chi connectivity index (χ0) is 23.3. The minimum Gasteiger partial charge on any atom is -0.368 e. The van der Waals surface area contributed by atoms with Crippen LogP contribution in [-0.2, 0) is 4.79 Å². The summed E-state index contributed by atoms with van der Waals surface area (Å²) in [5.41, 5.74) is 8.53. The maximum atomic E-state index is 11.9. The summed E-state index contributed by atoms with van der Waals surface area (Å²) in [6, 6.07) is 8.71. The monoisotopic (exact) mass is 444 g/mol. The van der Waals surface area contributed by atoms with Gasteiger partial charge in [0.1, 0.15) is 0 Å². The molecule has 0 atom stereocenters. The van der Waals surface area contributed by atoms with Crippen molar-refractivity contribution >= 4 is 17.8 Å². The quantitative estimate of drug-likeness (QED) is 0.112. The fourth-order valence-electron chi connectivity index (χ4n) is 3.64. The normalized spacial score (nSPS) is 11.3. The first-order valence-electron chi connectivity index (χ1n) is 12.6.